The molecule has 1 aliphatic heterocycles. The molecule has 1 aliphatic rings. The third-order valence-electron chi connectivity index (χ3n) is 8.51. The van der Waals surface area contributed by atoms with E-state index < -0.39 is 22.0 Å². The lowest BCUT2D eigenvalue weighted by molar-refractivity contribution is -0.131. The van der Waals surface area contributed by atoms with Crippen LogP contribution in [0, 0.1) is 5.92 Å². The number of ether oxygens (including phenoxy) is 2. The number of amides is 2. The van der Waals surface area contributed by atoms with Gasteiger partial charge in [-0.2, -0.15) is 0 Å². The van der Waals surface area contributed by atoms with Crippen LogP contribution in [0.1, 0.15) is 56.0 Å². The molecular formula is C36H46ClN3O7S. The normalized spacial score (nSPS) is 20.2. The number of hydrogen-bond acceptors (Lipinski definition) is 7. The summed E-state index contributed by atoms with van der Waals surface area (Å²) in [5, 5.41) is 10.6. The van der Waals surface area contributed by atoms with Gasteiger partial charge in [-0.25, -0.2) is 8.42 Å². The van der Waals surface area contributed by atoms with Crippen molar-refractivity contribution in [2.45, 2.75) is 69.6 Å². The highest BCUT2D eigenvalue weighted by Gasteiger charge is 2.31. The minimum absolute atomic E-state index is 0.0193. The molecular weight excluding hydrogens is 654 g/mol. The Bertz CT molecular complexity index is 1620. The quantitative estimate of drug-likeness (QED) is 0.296. The number of anilines is 1. The monoisotopic (exact) mass is 699 g/mol. The lowest BCUT2D eigenvalue weighted by atomic mass is 10.0. The molecule has 2 N–H and O–H groups in total. The molecule has 0 fully saturated rings. The van der Waals surface area contributed by atoms with Crippen LogP contribution in [0.15, 0.2) is 77.7 Å². The maximum atomic E-state index is 14.4. The van der Waals surface area contributed by atoms with Gasteiger partial charge in [0, 0.05) is 43.4 Å². The smallest absolute Gasteiger partial charge is 0.261 e. The predicted molar refractivity (Wildman–Crippen MR) is 187 cm³/mol. The van der Waals surface area contributed by atoms with Crippen molar-refractivity contribution < 1.29 is 32.6 Å². The lowest BCUT2D eigenvalue weighted by Crippen LogP contribution is -2.48. The predicted octanol–water partition coefficient (Wildman–Crippen LogP) is 5.64. The van der Waals surface area contributed by atoms with Crippen molar-refractivity contribution >= 4 is 39.1 Å². The van der Waals surface area contributed by atoms with Gasteiger partial charge in [-0.3, -0.25) is 14.3 Å². The van der Waals surface area contributed by atoms with Crippen molar-refractivity contribution in [3.8, 4) is 5.75 Å². The zero-order valence-electron chi connectivity index (χ0n) is 28.0. The van der Waals surface area contributed by atoms with Crippen LogP contribution in [0.3, 0.4) is 0 Å². The summed E-state index contributed by atoms with van der Waals surface area (Å²) in [5.74, 6) is -0.377. The second kappa shape index (κ2) is 17.1. The Balaban J connectivity index is 1.63. The zero-order valence-corrected chi connectivity index (χ0v) is 29.5. The Morgan fingerprint density at radius 2 is 1.79 bits per heavy atom. The molecule has 0 spiro atoms. The van der Waals surface area contributed by atoms with Crippen LogP contribution in [-0.2, 0) is 26.0 Å². The molecule has 10 nitrogen and oxygen atoms in total. The van der Waals surface area contributed by atoms with Crippen LogP contribution in [0.2, 0.25) is 5.02 Å². The number of nitrogens with zero attached hydrogens (tertiary/aromatic N) is 2. The molecule has 3 aromatic carbocycles. The summed E-state index contributed by atoms with van der Waals surface area (Å²) in [5.41, 5.74) is 1.27. The number of sulfonamides is 1. The van der Waals surface area contributed by atoms with Crippen molar-refractivity contribution in [3.63, 3.8) is 0 Å². The molecule has 2 amide bonds. The molecule has 0 unspecified atom stereocenters. The summed E-state index contributed by atoms with van der Waals surface area (Å²) >= 11 is 5.95. The molecule has 0 radical (unpaired) electrons. The second-order valence-corrected chi connectivity index (χ2v) is 14.6. The average Bonchev–Trinajstić information content (AvgIpc) is 3.06. The van der Waals surface area contributed by atoms with Crippen LogP contribution in [0.25, 0.3) is 0 Å². The summed E-state index contributed by atoms with van der Waals surface area (Å²) < 4.78 is 41.5. The summed E-state index contributed by atoms with van der Waals surface area (Å²) in [6.45, 7) is 6.36. The van der Waals surface area contributed by atoms with Crippen LogP contribution < -0.4 is 9.46 Å². The summed E-state index contributed by atoms with van der Waals surface area (Å²) in [7, 11) is -2.23. The van der Waals surface area contributed by atoms with Crippen LogP contribution in [0.4, 0.5) is 5.69 Å². The fraction of sp³-hybridized carbons (Fsp3) is 0.444. The van der Waals surface area contributed by atoms with Gasteiger partial charge in [-0.15, -0.1) is 0 Å². The number of hydrogen-bond donors (Lipinski definition) is 2. The van der Waals surface area contributed by atoms with Gasteiger partial charge in [-0.05, 0) is 81.1 Å². The lowest BCUT2D eigenvalue weighted by Gasteiger charge is -2.36. The van der Waals surface area contributed by atoms with Crippen LogP contribution in [-0.4, -0.2) is 86.7 Å². The first kappa shape index (κ1) is 37.2. The van der Waals surface area contributed by atoms with Gasteiger partial charge < -0.3 is 24.4 Å². The first-order chi connectivity index (χ1) is 22.9. The Hall–Kier alpha value is -3.64. The van der Waals surface area contributed by atoms with E-state index >= 15 is 0 Å². The summed E-state index contributed by atoms with van der Waals surface area (Å²) in [6.07, 6.45) is 1.95. The molecule has 4 rings (SSSR count). The molecule has 1 heterocycles. The van der Waals surface area contributed by atoms with Gasteiger partial charge >= 0.3 is 0 Å². The van der Waals surface area contributed by atoms with E-state index in [-0.39, 0.29) is 59.8 Å². The number of carbonyl (C=O) groups is 2. The highest BCUT2D eigenvalue weighted by Crippen LogP contribution is 2.30. The van der Waals surface area contributed by atoms with E-state index in [4.69, 9.17) is 21.1 Å². The highest BCUT2D eigenvalue weighted by atomic mass is 35.5. The van der Waals surface area contributed by atoms with E-state index in [0.717, 1.165) is 18.4 Å². The maximum Gasteiger partial charge on any atom is 0.261 e. The van der Waals surface area contributed by atoms with Gasteiger partial charge in [-0.1, -0.05) is 48.9 Å². The van der Waals surface area contributed by atoms with Gasteiger partial charge in [0.1, 0.15) is 5.75 Å². The average molecular weight is 700 g/mol. The van der Waals surface area contributed by atoms with Gasteiger partial charge in [0.2, 0.25) is 5.91 Å². The second-order valence-electron chi connectivity index (χ2n) is 12.5. The van der Waals surface area contributed by atoms with Gasteiger partial charge in [0.05, 0.1) is 41.7 Å². The van der Waals surface area contributed by atoms with Crippen LogP contribution >= 0.6 is 11.6 Å². The molecule has 12 heteroatoms. The molecule has 0 aliphatic carbocycles. The minimum Gasteiger partial charge on any atom is -0.490 e. The van der Waals surface area contributed by atoms with Crippen molar-refractivity contribution in [2.24, 2.45) is 5.92 Å². The van der Waals surface area contributed by atoms with Gasteiger partial charge in [0.25, 0.3) is 15.9 Å². The fourth-order valence-electron chi connectivity index (χ4n) is 5.55. The van der Waals surface area contributed by atoms with Crippen molar-refractivity contribution in [3.05, 3.63) is 88.9 Å². The molecule has 3 aromatic rings. The standard InChI is InChI=1S/C36H46ClN3O7S/c1-25-22-40(26(2)24-41)36(43)32-21-30(38-48(44,45)31-16-13-29(37)14-17-31)15-18-33(32)47-27(3)10-8-9-19-46-34(25)23-39(4)35(42)20-28-11-6-5-7-12-28/h5-7,11-18,21,25-27,34,38,41H,8-10,19-20,22-24H2,1-4H3/t25-,26-,27-,34-/m0/s1. The number of aliphatic hydroxyl groups excluding tert-OH is 1. The largest absolute Gasteiger partial charge is 0.490 e. The molecule has 0 bridgehead atoms. The Morgan fingerprint density at radius 3 is 2.48 bits per heavy atom. The van der Waals surface area contributed by atoms with E-state index in [0.29, 0.717) is 30.3 Å². The Labute approximate surface area is 289 Å². The van der Waals surface area contributed by atoms with E-state index in [1.807, 2.05) is 44.2 Å². The Morgan fingerprint density at radius 1 is 1.08 bits per heavy atom. The number of fused-ring (bicyclic) bond motifs is 1. The number of aliphatic hydroxyl groups is 1. The number of rotatable bonds is 9. The zero-order chi connectivity index (χ0) is 34.8. The van der Waals surface area contributed by atoms with E-state index in [9.17, 15) is 23.1 Å². The van der Waals surface area contributed by atoms with Gasteiger partial charge in [0.15, 0.2) is 0 Å². The molecule has 0 saturated carbocycles. The third-order valence-corrected chi connectivity index (χ3v) is 10.2. The number of halogens is 1. The minimum atomic E-state index is -3.99. The maximum absolute atomic E-state index is 14.4. The van der Waals surface area contributed by atoms with Crippen molar-refractivity contribution in [1.82, 2.24) is 9.80 Å². The van der Waals surface area contributed by atoms with Crippen molar-refractivity contribution in [2.75, 3.05) is 38.1 Å². The van der Waals surface area contributed by atoms with E-state index in [2.05, 4.69) is 4.72 Å². The van der Waals surface area contributed by atoms with E-state index in [1.54, 1.807) is 35.9 Å². The molecule has 4 atom stereocenters. The first-order valence-electron chi connectivity index (χ1n) is 16.3. The van der Waals surface area contributed by atoms with Crippen molar-refractivity contribution in [1.29, 1.82) is 0 Å². The molecule has 0 aromatic heterocycles. The number of nitrogens with one attached hydrogen (secondary N) is 1. The molecule has 0 saturated heterocycles. The van der Waals surface area contributed by atoms with E-state index in [1.165, 1.54) is 30.3 Å². The van der Waals surface area contributed by atoms with Crippen LogP contribution in [0.5, 0.6) is 5.75 Å². The summed E-state index contributed by atoms with van der Waals surface area (Å²) in [4.78, 5) is 30.7. The third kappa shape index (κ3) is 10.2. The topological polar surface area (TPSA) is 125 Å². The highest BCUT2D eigenvalue weighted by molar-refractivity contribution is 7.92. The SMILES string of the molecule is C[C@H]1CCCCO[C@@H](CN(C)C(=O)Cc2ccccc2)[C@@H](C)CN([C@@H](C)CO)C(=O)c2cc(NS(=O)(=O)c3ccc(Cl)cc3)ccc2O1. The summed E-state index contributed by atoms with van der Waals surface area (Å²) in [6, 6.07) is 19.4. The first-order valence-corrected chi connectivity index (χ1v) is 18.1. The number of likely N-dealkylation sites (N-methyl/N-ethyl adjacent to an activating group) is 1. The molecule has 260 valence electrons. The number of carbonyl (C=O) groups excluding carboxylic acids is 2. The number of benzene rings is 3. The molecule has 48 heavy (non-hydrogen) atoms. The Kier molecular flexibility index (Phi) is 13.3. The fourth-order valence-corrected chi connectivity index (χ4v) is 6.73.